The molecule has 0 aliphatic rings. The summed E-state index contributed by atoms with van der Waals surface area (Å²) in [7, 11) is -3.84. The molecule has 3 N–H and O–H groups in total. The normalized spacial score (nSPS) is 11.7. The van der Waals surface area contributed by atoms with Crippen LogP contribution < -0.4 is 15.4 Å². The summed E-state index contributed by atoms with van der Waals surface area (Å²) < 4.78 is 67.7. The minimum absolute atomic E-state index is 0.0359. The number of thiocarbonyl (C=S) groups is 1. The van der Waals surface area contributed by atoms with Gasteiger partial charge in [-0.1, -0.05) is 29.8 Å². The Morgan fingerprint density at radius 1 is 0.879 bits per heavy atom. The zero-order valence-corrected chi connectivity index (χ0v) is 19.7. The molecule has 5 nitrogen and oxygen atoms in total. The van der Waals surface area contributed by atoms with E-state index in [1.807, 2.05) is 32.9 Å². The van der Waals surface area contributed by atoms with Crippen molar-refractivity contribution >= 4 is 44.4 Å². The van der Waals surface area contributed by atoms with E-state index in [1.54, 1.807) is 0 Å². The average molecular weight is 494 g/mol. The Balaban J connectivity index is 1.73. The summed E-state index contributed by atoms with van der Waals surface area (Å²) in [5.74, 6) is 0. The van der Waals surface area contributed by atoms with Crippen LogP contribution in [0.15, 0.2) is 65.6 Å². The molecule has 0 bridgehead atoms. The largest absolute Gasteiger partial charge is 0.418 e. The molecule has 0 aliphatic heterocycles. The summed E-state index contributed by atoms with van der Waals surface area (Å²) in [4.78, 5) is 0.0359. The molecule has 0 heterocycles. The smallest absolute Gasteiger partial charge is 0.332 e. The Bertz CT molecular complexity index is 1270. The molecular weight excluding hydrogens is 471 g/mol. The molecule has 0 aromatic heterocycles. The van der Waals surface area contributed by atoms with Crippen molar-refractivity contribution in [2.24, 2.45) is 0 Å². The van der Waals surface area contributed by atoms with Crippen LogP contribution in [0.1, 0.15) is 22.3 Å². The fourth-order valence-electron chi connectivity index (χ4n) is 3.38. The van der Waals surface area contributed by atoms with Gasteiger partial charge in [0.25, 0.3) is 10.0 Å². The first kappa shape index (κ1) is 24.5. The number of para-hydroxylation sites is 1. The fraction of sp³-hybridized carbons (Fsp3) is 0.174. The van der Waals surface area contributed by atoms with Gasteiger partial charge in [-0.05, 0) is 80.5 Å². The molecule has 0 saturated carbocycles. The maximum atomic E-state index is 13.1. The van der Waals surface area contributed by atoms with Crippen LogP contribution in [0.4, 0.5) is 30.2 Å². The average Bonchev–Trinajstić information content (AvgIpc) is 2.70. The Labute approximate surface area is 196 Å². The highest BCUT2D eigenvalue weighted by atomic mass is 32.2. The summed E-state index contributed by atoms with van der Waals surface area (Å²) >= 11 is 5.11. The summed E-state index contributed by atoms with van der Waals surface area (Å²) in [6, 6.07) is 14.5. The van der Waals surface area contributed by atoms with Crippen LogP contribution in [0.2, 0.25) is 0 Å². The Morgan fingerprint density at radius 3 is 2.03 bits per heavy atom. The third-order valence-electron chi connectivity index (χ3n) is 4.82. The molecule has 0 radical (unpaired) electrons. The molecule has 0 spiro atoms. The van der Waals surface area contributed by atoms with Crippen LogP contribution in [0.3, 0.4) is 0 Å². The van der Waals surface area contributed by atoms with Crippen molar-refractivity contribution in [3.63, 3.8) is 0 Å². The molecule has 0 saturated heterocycles. The number of rotatable bonds is 5. The molecule has 3 rings (SSSR count). The topological polar surface area (TPSA) is 70.2 Å². The molecule has 0 fully saturated rings. The number of anilines is 3. The summed E-state index contributed by atoms with van der Waals surface area (Å²) in [6.07, 6.45) is -4.53. The first-order chi connectivity index (χ1) is 15.4. The van der Waals surface area contributed by atoms with Crippen molar-refractivity contribution < 1.29 is 21.6 Å². The van der Waals surface area contributed by atoms with Crippen LogP contribution >= 0.6 is 12.2 Å². The van der Waals surface area contributed by atoms with Crippen molar-refractivity contribution in [1.29, 1.82) is 0 Å². The van der Waals surface area contributed by atoms with Crippen molar-refractivity contribution in [2.75, 3.05) is 15.4 Å². The highest BCUT2D eigenvalue weighted by Crippen LogP contribution is 2.34. The molecule has 0 aliphatic carbocycles. The molecule has 0 amide bonds. The molecule has 3 aromatic rings. The number of hydrogen-bond acceptors (Lipinski definition) is 3. The number of nitrogens with one attached hydrogen (secondary N) is 3. The summed E-state index contributed by atoms with van der Waals surface area (Å²) in [5, 5.41) is 5.23. The number of alkyl halides is 3. The van der Waals surface area contributed by atoms with Gasteiger partial charge >= 0.3 is 6.18 Å². The van der Waals surface area contributed by atoms with Crippen LogP contribution in [-0.4, -0.2) is 13.5 Å². The highest BCUT2D eigenvalue weighted by Gasteiger charge is 2.33. The van der Waals surface area contributed by atoms with Crippen molar-refractivity contribution in [3.8, 4) is 0 Å². The van der Waals surface area contributed by atoms with Gasteiger partial charge in [0.1, 0.15) is 0 Å². The zero-order chi connectivity index (χ0) is 24.4. The minimum Gasteiger partial charge on any atom is -0.332 e. The number of benzene rings is 3. The SMILES string of the molecule is Cc1cc(C)c(NS(=O)(=O)c2ccc(NC(=S)Nc3ccccc3C(F)(F)F)cc2)c(C)c1. The summed E-state index contributed by atoms with van der Waals surface area (Å²) in [6.45, 7) is 5.59. The maximum absolute atomic E-state index is 13.1. The van der Waals surface area contributed by atoms with E-state index in [4.69, 9.17) is 12.2 Å². The first-order valence-electron chi connectivity index (χ1n) is 9.82. The van der Waals surface area contributed by atoms with E-state index in [-0.39, 0.29) is 15.7 Å². The van der Waals surface area contributed by atoms with Gasteiger partial charge in [-0.25, -0.2) is 8.42 Å². The van der Waals surface area contributed by atoms with E-state index in [0.717, 1.165) is 22.8 Å². The van der Waals surface area contributed by atoms with Gasteiger partial charge in [0, 0.05) is 5.69 Å². The fourth-order valence-corrected chi connectivity index (χ4v) is 4.81. The Morgan fingerprint density at radius 2 is 1.45 bits per heavy atom. The molecule has 0 atom stereocenters. The minimum atomic E-state index is -4.53. The van der Waals surface area contributed by atoms with Gasteiger partial charge < -0.3 is 10.6 Å². The van der Waals surface area contributed by atoms with E-state index in [0.29, 0.717) is 11.4 Å². The quantitative estimate of drug-likeness (QED) is 0.367. The highest BCUT2D eigenvalue weighted by molar-refractivity contribution is 7.92. The van der Waals surface area contributed by atoms with E-state index >= 15 is 0 Å². The van der Waals surface area contributed by atoms with Gasteiger partial charge in [0.15, 0.2) is 5.11 Å². The lowest BCUT2D eigenvalue weighted by molar-refractivity contribution is -0.136. The van der Waals surface area contributed by atoms with E-state index in [2.05, 4.69) is 15.4 Å². The second kappa shape index (κ2) is 9.40. The van der Waals surface area contributed by atoms with E-state index in [1.165, 1.54) is 42.5 Å². The molecule has 3 aromatic carbocycles. The predicted molar refractivity (Wildman–Crippen MR) is 129 cm³/mol. The van der Waals surface area contributed by atoms with Crippen LogP contribution in [0.5, 0.6) is 0 Å². The number of halogens is 3. The van der Waals surface area contributed by atoms with Crippen LogP contribution in [0, 0.1) is 20.8 Å². The Hall–Kier alpha value is -3.11. The van der Waals surface area contributed by atoms with E-state index in [9.17, 15) is 21.6 Å². The maximum Gasteiger partial charge on any atom is 0.418 e. The third-order valence-corrected chi connectivity index (χ3v) is 6.39. The lowest BCUT2D eigenvalue weighted by Crippen LogP contribution is -2.21. The van der Waals surface area contributed by atoms with Crippen molar-refractivity contribution in [1.82, 2.24) is 0 Å². The zero-order valence-electron chi connectivity index (χ0n) is 18.0. The predicted octanol–water partition coefficient (Wildman–Crippen LogP) is 6.24. The lowest BCUT2D eigenvalue weighted by atomic mass is 10.1. The van der Waals surface area contributed by atoms with Gasteiger partial charge in [-0.15, -0.1) is 0 Å². The standard InChI is InChI=1S/C23H22F3N3O2S2/c1-14-12-15(2)21(16(3)13-14)29-33(30,31)18-10-8-17(9-11-18)27-22(32)28-20-7-5-4-6-19(20)23(24,25)26/h4-13,29H,1-3H3,(H2,27,28,32). The number of sulfonamides is 1. The number of aryl methyl sites for hydroxylation is 3. The second-order valence-electron chi connectivity index (χ2n) is 7.53. The summed E-state index contributed by atoms with van der Waals surface area (Å²) in [5.41, 5.74) is 2.56. The number of hydrogen-bond donors (Lipinski definition) is 3. The molecule has 0 unspecified atom stereocenters. The van der Waals surface area contributed by atoms with Gasteiger partial charge in [0.05, 0.1) is 21.8 Å². The van der Waals surface area contributed by atoms with Gasteiger partial charge in [0.2, 0.25) is 0 Å². The first-order valence-corrected chi connectivity index (χ1v) is 11.7. The van der Waals surface area contributed by atoms with Gasteiger partial charge in [-0.2, -0.15) is 13.2 Å². The van der Waals surface area contributed by atoms with Crippen molar-refractivity contribution in [2.45, 2.75) is 31.8 Å². The van der Waals surface area contributed by atoms with Crippen LogP contribution in [-0.2, 0) is 16.2 Å². The molecule has 10 heteroatoms. The third kappa shape index (κ3) is 6.02. The Kier molecular flexibility index (Phi) is 6.99. The molecular formula is C23H22F3N3O2S2. The van der Waals surface area contributed by atoms with Gasteiger partial charge in [-0.3, -0.25) is 4.72 Å². The molecule has 33 heavy (non-hydrogen) atoms. The van der Waals surface area contributed by atoms with Crippen LogP contribution in [0.25, 0.3) is 0 Å². The monoisotopic (exact) mass is 493 g/mol. The van der Waals surface area contributed by atoms with E-state index < -0.39 is 21.8 Å². The lowest BCUT2D eigenvalue weighted by Gasteiger charge is -2.16. The second-order valence-corrected chi connectivity index (χ2v) is 9.62. The van der Waals surface area contributed by atoms with Crippen molar-refractivity contribution in [3.05, 3.63) is 82.9 Å². The molecule has 174 valence electrons.